The van der Waals surface area contributed by atoms with Gasteiger partial charge in [0.05, 0.1) is 0 Å². The summed E-state index contributed by atoms with van der Waals surface area (Å²) in [5.74, 6) is 0. The smallest absolute Gasteiger partial charge is 0.217 e. The first-order valence-corrected chi connectivity index (χ1v) is 4.33. The number of alkyl halides is 2. The van der Waals surface area contributed by atoms with Crippen LogP contribution in [-0.4, -0.2) is 9.97 Å². The van der Waals surface area contributed by atoms with Crippen LogP contribution in [0.1, 0.15) is 26.0 Å². The van der Waals surface area contributed by atoms with E-state index in [1.807, 2.05) is 13.8 Å². The van der Waals surface area contributed by atoms with Crippen LogP contribution in [0.5, 0.6) is 0 Å². The van der Waals surface area contributed by atoms with Crippen molar-refractivity contribution in [2.45, 2.75) is 20.3 Å². The van der Waals surface area contributed by atoms with Gasteiger partial charge in [-0.3, -0.25) is 0 Å². The van der Waals surface area contributed by atoms with Gasteiger partial charge < -0.3 is 0 Å². The maximum absolute atomic E-state index is 11.9. The zero-order valence-electron chi connectivity index (χ0n) is 7.06. The molecule has 0 saturated heterocycles. The number of halogens is 4. The molecule has 0 amide bonds. The molecule has 1 heterocycles. The molecule has 1 aromatic rings. The van der Waals surface area contributed by atoms with Crippen LogP contribution in [0.25, 0.3) is 0 Å². The number of hydrogen-bond acceptors (Lipinski definition) is 2. The molecule has 0 bridgehead atoms. The van der Waals surface area contributed by atoms with Gasteiger partial charge in [-0.15, -0.1) is 0 Å². The minimum atomic E-state index is -2.67. The fraction of sp³-hybridized carbons (Fsp3) is 0.429. The van der Waals surface area contributed by atoms with Crippen molar-refractivity contribution in [2.24, 2.45) is 0 Å². The first-order chi connectivity index (χ1) is 6.09. The average Bonchev–Trinajstić information content (AvgIpc) is 2.06. The average molecular weight is 229 g/mol. The zero-order valence-corrected chi connectivity index (χ0v) is 8.57. The standard InChI is InChI=1S/C5H2Cl2F2N2.C2H6/c6-3-1-2(4(8)9)10-5(7)11-3;1-2/h1,4H;1-2H3. The molecule has 6 heteroatoms. The predicted octanol–water partition coefficient (Wildman–Crippen LogP) is 3.75. The second kappa shape index (κ2) is 6.05. The molecule has 1 aromatic heterocycles. The number of nitrogens with zero attached hydrogens (tertiary/aromatic N) is 2. The lowest BCUT2D eigenvalue weighted by molar-refractivity contribution is 0.146. The van der Waals surface area contributed by atoms with Crippen molar-refractivity contribution in [1.29, 1.82) is 0 Å². The highest BCUT2D eigenvalue weighted by molar-refractivity contribution is 6.31. The Hall–Kier alpha value is -0.480. The van der Waals surface area contributed by atoms with Gasteiger partial charge in [0, 0.05) is 6.07 Å². The van der Waals surface area contributed by atoms with Crippen molar-refractivity contribution in [3.8, 4) is 0 Å². The molecule has 0 fully saturated rings. The van der Waals surface area contributed by atoms with E-state index in [2.05, 4.69) is 9.97 Å². The van der Waals surface area contributed by atoms with E-state index >= 15 is 0 Å². The quantitative estimate of drug-likeness (QED) is 0.541. The molecule has 0 aliphatic rings. The summed E-state index contributed by atoms with van der Waals surface area (Å²) in [6.07, 6.45) is -2.67. The van der Waals surface area contributed by atoms with Crippen molar-refractivity contribution in [2.75, 3.05) is 0 Å². The summed E-state index contributed by atoms with van der Waals surface area (Å²) in [6, 6.07) is 0.970. The van der Waals surface area contributed by atoms with Crippen LogP contribution in [0, 0.1) is 0 Å². The molecule has 0 aromatic carbocycles. The molecular formula is C7H8Cl2F2N2. The Morgan fingerprint density at radius 1 is 1.23 bits per heavy atom. The molecule has 0 aliphatic carbocycles. The second-order valence-corrected chi connectivity index (χ2v) is 2.41. The minimum Gasteiger partial charge on any atom is -0.217 e. The van der Waals surface area contributed by atoms with Crippen LogP contribution in [0.2, 0.25) is 10.4 Å². The van der Waals surface area contributed by atoms with E-state index in [1.165, 1.54) is 0 Å². The lowest BCUT2D eigenvalue weighted by Crippen LogP contribution is -1.92. The van der Waals surface area contributed by atoms with Crippen molar-refractivity contribution in [1.82, 2.24) is 9.97 Å². The van der Waals surface area contributed by atoms with Gasteiger partial charge in [-0.25, -0.2) is 18.7 Å². The Balaban J connectivity index is 0.000000671. The monoisotopic (exact) mass is 228 g/mol. The van der Waals surface area contributed by atoms with Crippen molar-refractivity contribution in [3.05, 3.63) is 22.2 Å². The molecule has 0 aliphatic heterocycles. The van der Waals surface area contributed by atoms with Gasteiger partial charge in [0.2, 0.25) is 5.28 Å². The Labute approximate surface area is 84.9 Å². The Bertz CT molecular complexity index is 248. The normalized spacial score (nSPS) is 9.46. The summed E-state index contributed by atoms with van der Waals surface area (Å²) in [4.78, 5) is 6.66. The lowest BCUT2D eigenvalue weighted by Gasteiger charge is -1.98. The number of hydrogen-bond donors (Lipinski definition) is 0. The molecule has 74 valence electrons. The van der Waals surface area contributed by atoms with Gasteiger partial charge in [-0.2, -0.15) is 0 Å². The molecule has 13 heavy (non-hydrogen) atoms. The minimum absolute atomic E-state index is 0.0831. The van der Waals surface area contributed by atoms with Gasteiger partial charge in [0.1, 0.15) is 10.8 Å². The summed E-state index contributed by atoms with van der Waals surface area (Å²) < 4.78 is 23.8. The molecule has 0 unspecified atom stereocenters. The highest BCUT2D eigenvalue weighted by atomic mass is 35.5. The van der Waals surface area contributed by atoms with E-state index in [4.69, 9.17) is 23.2 Å². The Morgan fingerprint density at radius 2 is 1.77 bits per heavy atom. The third-order valence-electron chi connectivity index (χ3n) is 0.911. The summed E-state index contributed by atoms with van der Waals surface area (Å²) in [5, 5.41) is -0.354. The number of rotatable bonds is 1. The molecule has 0 N–H and O–H groups in total. The van der Waals surface area contributed by atoms with Crippen molar-refractivity contribution < 1.29 is 8.78 Å². The van der Waals surface area contributed by atoms with E-state index in [1.54, 1.807) is 0 Å². The summed E-state index contributed by atoms with van der Waals surface area (Å²) in [7, 11) is 0. The van der Waals surface area contributed by atoms with E-state index < -0.39 is 12.1 Å². The molecule has 0 saturated carbocycles. The van der Waals surface area contributed by atoms with Crippen LogP contribution in [-0.2, 0) is 0 Å². The van der Waals surface area contributed by atoms with Crippen LogP contribution >= 0.6 is 23.2 Å². The summed E-state index contributed by atoms with van der Waals surface area (Å²) in [5.41, 5.74) is -0.463. The lowest BCUT2D eigenvalue weighted by atomic mass is 10.4. The zero-order chi connectivity index (χ0) is 10.4. The first kappa shape index (κ1) is 12.5. The summed E-state index contributed by atoms with van der Waals surface area (Å²) >= 11 is 10.6. The van der Waals surface area contributed by atoms with Crippen LogP contribution in [0.4, 0.5) is 8.78 Å². The third kappa shape index (κ3) is 4.33. The topological polar surface area (TPSA) is 25.8 Å². The highest BCUT2D eigenvalue weighted by Crippen LogP contribution is 2.20. The van der Waals surface area contributed by atoms with Crippen LogP contribution in [0.3, 0.4) is 0 Å². The molecule has 0 atom stereocenters. The van der Waals surface area contributed by atoms with Crippen molar-refractivity contribution >= 4 is 23.2 Å². The maximum Gasteiger partial charge on any atom is 0.280 e. The van der Waals surface area contributed by atoms with Crippen LogP contribution < -0.4 is 0 Å². The molecular weight excluding hydrogens is 221 g/mol. The van der Waals surface area contributed by atoms with Gasteiger partial charge in [-0.1, -0.05) is 25.4 Å². The highest BCUT2D eigenvalue weighted by Gasteiger charge is 2.10. The van der Waals surface area contributed by atoms with Crippen LogP contribution in [0.15, 0.2) is 6.07 Å². The Morgan fingerprint density at radius 3 is 2.15 bits per heavy atom. The largest absolute Gasteiger partial charge is 0.280 e. The van der Waals surface area contributed by atoms with Gasteiger partial charge in [-0.05, 0) is 11.6 Å². The molecule has 2 nitrogen and oxygen atoms in total. The van der Waals surface area contributed by atoms with E-state index in [9.17, 15) is 8.78 Å². The van der Waals surface area contributed by atoms with Crippen molar-refractivity contribution in [3.63, 3.8) is 0 Å². The molecule has 0 radical (unpaired) electrons. The third-order valence-corrected chi connectivity index (χ3v) is 1.27. The SMILES string of the molecule is CC.FC(F)c1cc(Cl)nc(Cl)n1. The maximum atomic E-state index is 11.9. The molecule has 0 spiro atoms. The van der Waals surface area contributed by atoms with Gasteiger partial charge in [0.15, 0.2) is 0 Å². The molecule has 1 rings (SSSR count). The number of aromatic nitrogens is 2. The van der Waals surface area contributed by atoms with Gasteiger partial charge in [0.25, 0.3) is 6.43 Å². The second-order valence-electron chi connectivity index (χ2n) is 1.69. The summed E-state index contributed by atoms with van der Waals surface area (Å²) in [6.45, 7) is 4.00. The first-order valence-electron chi connectivity index (χ1n) is 3.57. The van der Waals surface area contributed by atoms with E-state index in [0.29, 0.717) is 0 Å². The fourth-order valence-corrected chi connectivity index (χ4v) is 0.942. The van der Waals surface area contributed by atoms with E-state index in [0.717, 1.165) is 6.07 Å². The fourth-order valence-electron chi connectivity index (χ4n) is 0.518. The predicted molar refractivity (Wildman–Crippen MR) is 48.4 cm³/mol. The van der Waals surface area contributed by atoms with E-state index in [-0.39, 0.29) is 10.4 Å². The van der Waals surface area contributed by atoms with Gasteiger partial charge >= 0.3 is 0 Å². The Kier molecular flexibility index (Phi) is 5.82.